The van der Waals surface area contributed by atoms with Gasteiger partial charge in [0.05, 0.1) is 5.69 Å². The smallest absolute Gasteiger partial charge is 0.224 e. The van der Waals surface area contributed by atoms with Crippen LogP contribution >= 0.6 is 0 Å². The van der Waals surface area contributed by atoms with E-state index < -0.39 is 0 Å². The zero-order chi connectivity index (χ0) is 13.2. The van der Waals surface area contributed by atoms with Crippen molar-refractivity contribution in [2.24, 2.45) is 0 Å². The quantitative estimate of drug-likeness (QED) is 0.894. The van der Waals surface area contributed by atoms with Gasteiger partial charge in [0, 0.05) is 30.4 Å². The van der Waals surface area contributed by atoms with Crippen molar-refractivity contribution in [3.8, 4) is 5.82 Å². The lowest BCUT2D eigenvalue weighted by Crippen LogP contribution is -2.09. The molecule has 1 aliphatic carbocycles. The van der Waals surface area contributed by atoms with Crippen LogP contribution in [0.15, 0.2) is 18.5 Å². The molecule has 0 saturated heterocycles. The van der Waals surface area contributed by atoms with Gasteiger partial charge < -0.3 is 5.32 Å². The molecule has 0 atom stereocenters. The minimum Gasteiger partial charge on any atom is -0.354 e. The molecule has 0 radical (unpaired) electrons. The Morgan fingerprint density at radius 2 is 2.26 bits per heavy atom. The van der Waals surface area contributed by atoms with Crippen LogP contribution in [-0.4, -0.2) is 26.3 Å². The Balaban J connectivity index is 1.88. The Hall–Kier alpha value is -1.91. The second-order valence-corrected chi connectivity index (χ2v) is 5.09. The minimum absolute atomic E-state index is 0.668. The maximum atomic E-state index is 4.62. The molecule has 2 aromatic heterocycles. The molecule has 1 fully saturated rings. The van der Waals surface area contributed by atoms with E-state index in [2.05, 4.69) is 33.4 Å². The van der Waals surface area contributed by atoms with Gasteiger partial charge in [0.25, 0.3) is 0 Å². The fourth-order valence-electron chi connectivity index (χ4n) is 2.04. The van der Waals surface area contributed by atoms with E-state index in [0.717, 1.165) is 24.3 Å². The third kappa shape index (κ3) is 2.59. The first-order valence-corrected chi connectivity index (χ1v) is 6.91. The number of nitrogens with zero attached hydrogens (tertiary/aromatic N) is 4. The Morgan fingerprint density at radius 3 is 3.00 bits per heavy atom. The predicted molar refractivity (Wildman–Crippen MR) is 74.6 cm³/mol. The summed E-state index contributed by atoms with van der Waals surface area (Å²) in [7, 11) is 0. The summed E-state index contributed by atoms with van der Waals surface area (Å²) < 4.78 is 1.86. The highest BCUT2D eigenvalue weighted by molar-refractivity contribution is 5.37. The molecule has 2 aromatic rings. The van der Waals surface area contributed by atoms with Crippen LogP contribution in [0.4, 0.5) is 5.95 Å². The number of aryl methyl sites for hydroxylation is 1. The van der Waals surface area contributed by atoms with Crippen molar-refractivity contribution in [1.29, 1.82) is 0 Å². The Bertz CT molecular complexity index is 571. The summed E-state index contributed by atoms with van der Waals surface area (Å²) >= 11 is 0. The van der Waals surface area contributed by atoms with Gasteiger partial charge in [0.15, 0.2) is 5.82 Å². The Labute approximate surface area is 113 Å². The van der Waals surface area contributed by atoms with E-state index in [4.69, 9.17) is 0 Å². The van der Waals surface area contributed by atoms with Gasteiger partial charge in [0.2, 0.25) is 5.95 Å². The highest BCUT2D eigenvalue weighted by Gasteiger charge is 2.26. The van der Waals surface area contributed by atoms with Crippen LogP contribution in [0.2, 0.25) is 0 Å². The SMILES string of the molecule is CCCNc1ncc(C)c(-n2ccc(C3CC3)n2)n1. The average Bonchev–Trinajstić information content (AvgIpc) is 3.16. The summed E-state index contributed by atoms with van der Waals surface area (Å²) in [6.45, 7) is 5.02. The lowest BCUT2D eigenvalue weighted by atomic mass is 10.3. The molecule has 0 amide bonds. The molecule has 0 spiro atoms. The second-order valence-electron chi connectivity index (χ2n) is 5.09. The average molecular weight is 257 g/mol. The van der Waals surface area contributed by atoms with Crippen LogP contribution in [0.5, 0.6) is 0 Å². The molecule has 100 valence electrons. The van der Waals surface area contributed by atoms with E-state index in [0.29, 0.717) is 11.9 Å². The fraction of sp³-hybridized carbons (Fsp3) is 0.500. The molecule has 1 N–H and O–H groups in total. The molecule has 5 nitrogen and oxygen atoms in total. The van der Waals surface area contributed by atoms with Gasteiger partial charge in [-0.2, -0.15) is 10.1 Å². The van der Waals surface area contributed by atoms with Crippen LogP contribution in [0.1, 0.15) is 43.4 Å². The highest BCUT2D eigenvalue weighted by atomic mass is 15.3. The first-order valence-electron chi connectivity index (χ1n) is 6.91. The number of anilines is 1. The number of rotatable bonds is 5. The first-order chi connectivity index (χ1) is 9.28. The van der Waals surface area contributed by atoms with Crippen LogP contribution in [0.3, 0.4) is 0 Å². The molecule has 1 saturated carbocycles. The molecular weight excluding hydrogens is 238 g/mol. The van der Waals surface area contributed by atoms with Crippen molar-refractivity contribution in [2.45, 2.75) is 39.0 Å². The summed E-state index contributed by atoms with van der Waals surface area (Å²) in [4.78, 5) is 8.84. The number of hydrogen-bond acceptors (Lipinski definition) is 4. The van der Waals surface area contributed by atoms with Crippen molar-refractivity contribution < 1.29 is 0 Å². The van der Waals surface area contributed by atoms with Crippen molar-refractivity contribution >= 4 is 5.95 Å². The zero-order valence-corrected chi connectivity index (χ0v) is 11.4. The van der Waals surface area contributed by atoms with Crippen molar-refractivity contribution in [3.63, 3.8) is 0 Å². The number of nitrogens with one attached hydrogen (secondary N) is 1. The molecule has 0 aromatic carbocycles. The van der Waals surface area contributed by atoms with Gasteiger partial charge in [-0.15, -0.1) is 0 Å². The summed E-state index contributed by atoms with van der Waals surface area (Å²) in [5.74, 6) is 2.20. The van der Waals surface area contributed by atoms with Crippen molar-refractivity contribution in [1.82, 2.24) is 19.7 Å². The highest BCUT2D eigenvalue weighted by Crippen LogP contribution is 2.39. The van der Waals surface area contributed by atoms with Gasteiger partial charge in [-0.3, -0.25) is 0 Å². The summed E-state index contributed by atoms with van der Waals surface area (Å²) in [6.07, 6.45) is 7.43. The molecule has 3 rings (SSSR count). The lowest BCUT2D eigenvalue weighted by Gasteiger charge is -2.08. The van der Waals surface area contributed by atoms with E-state index in [1.807, 2.05) is 24.0 Å². The molecular formula is C14H19N5. The van der Waals surface area contributed by atoms with Gasteiger partial charge in [0.1, 0.15) is 0 Å². The zero-order valence-electron chi connectivity index (χ0n) is 11.4. The molecule has 0 aliphatic heterocycles. The summed E-state index contributed by atoms with van der Waals surface area (Å²) in [6, 6.07) is 2.10. The second kappa shape index (κ2) is 4.99. The third-order valence-corrected chi connectivity index (χ3v) is 3.30. The van der Waals surface area contributed by atoms with E-state index in [1.54, 1.807) is 0 Å². The monoisotopic (exact) mass is 257 g/mol. The number of aromatic nitrogens is 4. The van der Waals surface area contributed by atoms with Crippen LogP contribution in [0.25, 0.3) is 5.82 Å². The molecule has 0 unspecified atom stereocenters. The normalized spacial score (nSPS) is 14.6. The van der Waals surface area contributed by atoms with Crippen molar-refractivity contribution in [2.75, 3.05) is 11.9 Å². The maximum Gasteiger partial charge on any atom is 0.224 e. The maximum absolute atomic E-state index is 4.62. The van der Waals surface area contributed by atoms with Gasteiger partial charge >= 0.3 is 0 Å². The topological polar surface area (TPSA) is 55.6 Å². The summed E-state index contributed by atoms with van der Waals surface area (Å²) in [5, 5.41) is 7.83. The van der Waals surface area contributed by atoms with Gasteiger partial charge in [-0.1, -0.05) is 6.92 Å². The van der Waals surface area contributed by atoms with E-state index in [1.165, 1.54) is 18.5 Å². The lowest BCUT2D eigenvalue weighted by molar-refractivity contribution is 0.799. The standard InChI is InChI=1S/C14H19N5/c1-3-7-15-14-16-9-10(2)13(17-14)19-8-6-12(18-19)11-4-5-11/h6,8-9,11H,3-5,7H2,1-2H3,(H,15,16,17). The molecule has 1 aliphatic rings. The van der Waals surface area contributed by atoms with Crippen LogP contribution in [0, 0.1) is 6.92 Å². The third-order valence-electron chi connectivity index (χ3n) is 3.30. The first kappa shape index (κ1) is 12.1. The van der Waals surface area contributed by atoms with E-state index >= 15 is 0 Å². The van der Waals surface area contributed by atoms with Crippen molar-refractivity contribution in [3.05, 3.63) is 29.7 Å². The molecule has 19 heavy (non-hydrogen) atoms. The predicted octanol–water partition coefficient (Wildman–Crippen LogP) is 2.67. The molecule has 2 heterocycles. The summed E-state index contributed by atoms with van der Waals surface area (Å²) in [5.41, 5.74) is 2.22. The minimum atomic E-state index is 0.668. The largest absolute Gasteiger partial charge is 0.354 e. The Kier molecular flexibility index (Phi) is 3.19. The Morgan fingerprint density at radius 1 is 1.42 bits per heavy atom. The number of hydrogen-bond donors (Lipinski definition) is 1. The van der Waals surface area contributed by atoms with Gasteiger partial charge in [-0.25, -0.2) is 9.67 Å². The molecule has 0 bridgehead atoms. The van der Waals surface area contributed by atoms with Crippen LogP contribution < -0.4 is 5.32 Å². The van der Waals surface area contributed by atoms with E-state index in [9.17, 15) is 0 Å². The fourth-order valence-corrected chi connectivity index (χ4v) is 2.04. The van der Waals surface area contributed by atoms with Gasteiger partial charge in [-0.05, 0) is 32.3 Å². The van der Waals surface area contributed by atoms with Crippen LogP contribution in [-0.2, 0) is 0 Å². The molecule has 5 heteroatoms. The van der Waals surface area contributed by atoms with E-state index in [-0.39, 0.29) is 0 Å².